The quantitative estimate of drug-likeness (QED) is 0.126. The van der Waals surface area contributed by atoms with E-state index in [0.29, 0.717) is 45.4 Å². The minimum atomic E-state index is -4.52. The van der Waals surface area contributed by atoms with Gasteiger partial charge in [-0.1, -0.05) is 36.4 Å². The number of aromatic nitrogens is 4. The predicted octanol–water partition coefficient (Wildman–Crippen LogP) is 12.5. The van der Waals surface area contributed by atoms with Crippen molar-refractivity contribution in [3.8, 4) is 0 Å². The first-order valence-corrected chi connectivity index (χ1v) is 36.6. The number of fused-ring (bicyclic) bond motifs is 6. The maximum atomic E-state index is 14.1. The molecule has 0 spiro atoms. The SMILES string of the molecule is CN1CC=C(c2cn(S(=O)(=O)c3ccc4c(c3)N(C)CCC4)c3ccc(C(F)(F)F)cc23)CC1.CN1CC=C(c2cn(S(=O)(=O)c3ccc4c(c3)N(C)CCC4)c3ccc(F)cc23)CC1.CN1CC=C(c2cn(S(=O)(=O)c3ccc4c(c3)N(C)CCC4)c3ncccc23)CC1. The molecule has 0 amide bonds. The van der Waals surface area contributed by atoms with Crippen LogP contribution >= 0.6 is 0 Å². The molecule has 6 aliphatic heterocycles. The topological polar surface area (TPSA) is 150 Å². The van der Waals surface area contributed by atoms with Gasteiger partial charge in [0.2, 0.25) is 0 Å². The Labute approximate surface area is 553 Å². The number of benzene rings is 5. The van der Waals surface area contributed by atoms with Crippen LogP contribution in [0, 0.1) is 5.82 Å². The van der Waals surface area contributed by atoms with Crippen LogP contribution in [0.3, 0.4) is 0 Å². The number of pyridine rings is 1. The molecule has 0 unspecified atom stereocenters. The van der Waals surface area contributed by atoms with Gasteiger partial charge < -0.3 is 29.4 Å². The number of hydrogen-bond donors (Lipinski definition) is 0. The smallest absolute Gasteiger partial charge is 0.374 e. The van der Waals surface area contributed by atoms with E-state index >= 15 is 0 Å². The minimum Gasteiger partial charge on any atom is -0.374 e. The average Bonchev–Trinajstić information content (AvgIpc) is 1.46. The lowest BCUT2D eigenvalue weighted by Gasteiger charge is -2.28. The molecule has 10 heterocycles. The van der Waals surface area contributed by atoms with Gasteiger partial charge >= 0.3 is 6.18 Å². The molecule has 23 heteroatoms. The van der Waals surface area contributed by atoms with Crippen LogP contribution in [0.25, 0.3) is 49.6 Å². The highest BCUT2D eigenvalue weighted by atomic mass is 32.2. The molecule has 0 saturated carbocycles. The molecule has 9 aromatic rings. The van der Waals surface area contributed by atoms with E-state index in [2.05, 4.69) is 48.7 Å². The molecule has 6 aliphatic rings. The predicted molar refractivity (Wildman–Crippen MR) is 371 cm³/mol. The van der Waals surface area contributed by atoms with Crippen LogP contribution in [-0.2, 0) is 55.5 Å². The van der Waals surface area contributed by atoms with Crippen LogP contribution in [0.1, 0.15) is 77.5 Å². The van der Waals surface area contributed by atoms with Crippen molar-refractivity contribution in [1.82, 2.24) is 31.6 Å². The lowest BCUT2D eigenvalue weighted by molar-refractivity contribution is -0.137. The largest absolute Gasteiger partial charge is 0.416 e. The first-order valence-electron chi connectivity index (χ1n) is 32.3. The lowest BCUT2D eigenvalue weighted by Crippen LogP contribution is -2.25. The van der Waals surface area contributed by atoms with E-state index in [4.69, 9.17) is 0 Å². The highest BCUT2D eigenvalue weighted by molar-refractivity contribution is 7.90. The van der Waals surface area contributed by atoms with Crippen molar-refractivity contribution < 1.29 is 42.8 Å². The lowest BCUT2D eigenvalue weighted by atomic mass is 9.98. The summed E-state index contributed by atoms with van der Waals surface area (Å²) >= 11 is 0. The molecule has 5 aromatic carbocycles. The summed E-state index contributed by atoms with van der Waals surface area (Å²) in [5.41, 5.74) is 12.2. The van der Waals surface area contributed by atoms with Crippen LogP contribution in [-0.4, -0.2) is 158 Å². The normalized spacial score (nSPS) is 17.7. The van der Waals surface area contributed by atoms with Gasteiger partial charge in [0.15, 0.2) is 5.65 Å². The number of alkyl halides is 3. The molecule has 0 saturated heterocycles. The van der Waals surface area contributed by atoms with Crippen molar-refractivity contribution in [3.05, 3.63) is 191 Å². The molecule has 4 aromatic heterocycles. The van der Waals surface area contributed by atoms with Gasteiger partial charge in [0.25, 0.3) is 30.1 Å². The van der Waals surface area contributed by atoms with Gasteiger partial charge in [0, 0.05) is 155 Å². The summed E-state index contributed by atoms with van der Waals surface area (Å²) < 4.78 is 141. The molecule has 0 fully saturated rings. The molecular formula is C72H78F4N10O6S3. The van der Waals surface area contributed by atoms with E-state index in [1.807, 2.05) is 82.6 Å². The number of likely N-dealkylation sites (N-methyl/N-ethyl adjacent to an activating group) is 3. The van der Waals surface area contributed by atoms with Crippen LogP contribution in [0.5, 0.6) is 0 Å². The van der Waals surface area contributed by atoms with Crippen molar-refractivity contribution in [2.24, 2.45) is 0 Å². The van der Waals surface area contributed by atoms with Crippen LogP contribution < -0.4 is 14.7 Å². The van der Waals surface area contributed by atoms with Gasteiger partial charge in [-0.3, -0.25) is 0 Å². The fraction of sp³-hybridized carbons (Fsp3) is 0.347. The molecular weight excluding hydrogens is 1270 g/mol. The van der Waals surface area contributed by atoms with Gasteiger partial charge in [-0.15, -0.1) is 0 Å². The van der Waals surface area contributed by atoms with Crippen molar-refractivity contribution in [2.75, 3.05) is 116 Å². The molecule has 0 bridgehead atoms. The second kappa shape index (κ2) is 25.8. The Morgan fingerprint density at radius 1 is 0.421 bits per heavy atom. The van der Waals surface area contributed by atoms with Crippen LogP contribution in [0.2, 0.25) is 0 Å². The first-order chi connectivity index (χ1) is 45.3. The molecule has 95 heavy (non-hydrogen) atoms. The fourth-order valence-corrected chi connectivity index (χ4v) is 18.1. The number of halogens is 4. The zero-order valence-corrected chi connectivity index (χ0v) is 56.7. The van der Waals surface area contributed by atoms with Gasteiger partial charge in [-0.2, -0.15) is 13.2 Å². The first kappa shape index (κ1) is 65.6. The number of anilines is 3. The summed E-state index contributed by atoms with van der Waals surface area (Å²) in [6, 6.07) is 27.4. The minimum absolute atomic E-state index is 0.126. The van der Waals surface area contributed by atoms with Crippen molar-refractivity contribution in [2.45, 2.75) is 78.7 Å². The summed E-state index contributed by atoms with van der Waals surface area (Å²) in [6.45, 7) is 7.61. The van der Waals surface area contributed by atoms with E-state index in [9.17, 15) is 42.8 Å². The molecule has 0 radical (unpaired) electrons. The van der Waals surface area contributed by atoms with Crippen molar-refractivity contribution >= 4 is 96.7 Å². The van der Waals surface area contributed by atoms with E-state index in [-0.39, 0.29) is 21.1 Å². The fourth-order valence-electron chi connectivity index (χ4n) is 14.0. The highest BCUT2D eigenvalue weighted by Crippen LogP contribution is 2.41. The van der Waals surface area contributed by atoms with Crippen LogP contribution in [0.4, 0.5) is 34.6 Å². The van der Waals surface area contributed by atoms with Gasteiger partial charge in [-0.25, -0.2) is 46.5 Å². The number of rotatable bonds is 9. The third kappa shape index (κ3) is 12.7. The van der Waals surface area contributed by atoms with Gasteiger partial charge in [0.05, 0.1) is 31.3 Å². The Hall–Kier alpha value is -8.06. The Morgan fingerprint density at radius 3 is 1.22 bits per heavy atom. The molecule has 0 N–H and O–H groups in total. The van der Waals surface area contributed by atoms with Crippen molar-refractivity contribution in [1.29, 1.82) is 0 Å². The second-order valence-electron chi connectivity index (χ2n) is 26.0. The maximum absolute atomic E-state index is 14.1. The Bertz CT molecular complexity index is 4960. The third-order valence-corrected chi connectivity index (χ3v) is 24.5. The summed E-state index contributed by atoms with van der Waals surface area (Å²) in [5, 5.41) is 1.81. The van der Waals surface area contributed by atoms with E-state index in [0.717, 1.165) is 170 Å². The van der Waals surface area contributed by atoms with Gasteiger partial charge in [-0.05, 0) is 197 Å². The number of aryl methyl sites for hydroxylation is 3. The zero-order chi connectivity index (χ0) is 66.9. The summed E-state index contributed by atoms with van der Waals surface area (Å²) in [4.78, 5) is 18.0. The number of hydrogen-bond acceptors (Lipinski definition) is 13. The van der Waals surface area contributed by atoms with Crippen LogP contribution in [0.15, 0.2) is 161 Å². The Balaban J connectivity index is 0.000000129. The molecule has 0 atom stereocenters. The van der Waals surface area contributed by atoms with E-state index in [1.54, 1.807) is 55.0 Å². The maximum Gasteiger partial charge on any atom is 0.416 e. The van der Waals surface area contributed by atoms with Gasteiger partial charge in [0.1, 0.15) is 5.82 Å². The third-order valence-electron chi connectivity index (χ3n) is 19.5. The van der Waals surface area contributed by atoms with E-state index in [1.165, 1.54) is 49.0 Å². The highest BCUT2D eigenvalue weighted by Gasteiger charge is 2.34. The molecule has 498 valence electrons. The summed E-state index contributed by atoms with van der Waals surface area (Å²) in [6.07, 6.45) is 16.6. The standard InChI is InChI=1S/C25H26F3N3O2S.C24H26FN3O2S.C23H26N4O2S/c1-29-12-9-17(10-13-29)22-16-31(23-8-6-19(14-21(22)23)25(26,27)28)34(32,33)20-7-5-18-4-3-11-30(2)24(18)15-20;1-26-12-9-17(10-13-26)22-16-28(23-8-6-19(25)14-21(22)23)31(29,30)20-7-5-18-4-3-11-27(2)24(18)15-20;1-25-13-9-17(10-14-25)21-16-27(23-20(21)6-3-11-24-23)30(28,29)19-8-7-18-5-4-12-26(2)22(18)15-19/h5-9,14-16H,3-4,10-13H2,1-2H3;5-9,14-16H,3-4,10-13H2,1-2H3;3,6-9,11,15-16H,4-5,10,12-14H2,1-2H3. The number of nitrogens with zero attached hydrogens (tertiary/aromatic N) is 10. The Morgan fingerprint density at radius 2 is 0.811 bits per heavy atom. The monoisotopic (exact) mass is 1350 g/mol. The van der Waals surface area contributed by atoms with Crippen molar-refractivity contribution in [3.63, 3.8) is 0 Å². The summed E-state index contributed by atoms with van der Waals surface area (Å²) in [7, 11) is 0.433. The molecule has 0 aliphatic carbocycles. The Kier molecular flexibility index (Phi) is 17.8. The second-order valence-corrected chi connectivity index (χ2v) is 31.4. The zero-order valence-electron chi connectivity index (χ0n) is 54.2. The summed E-state index contributed by atoms with van der Waals surface area (Å²) in [5.74, 6) is -0.368. The van der Waals surface area contributed by atoms with E-state index < -0.39 is 41.8 Å². The molecule has 15 rings (SSSR count). The average molecular weight is 1350 g/mol. The molecule has 16 nitrogen and oxygen atoms in total.